The summed E-state index contributed by atoms with van der Waals surface area (Å²) in [5.41, 5.74) is 2.40. The Morgan fingerprint density at radius 2 is 1.73 bits per heavy atom. The zero-order chi connectivity index (χ0) is 19.2. The van der Waals surface area contributed by atoms with E-state index in [9.17, 15) is 13.2 Å². The smallest absolute Gasteiger partial charge is 0.262 e. The molecule has 6 nitrogen and oxygen atoms in total. The van der Waals surface area contributed by atoms with E-state index < -0.39 is 10.0 Å². The van der Waals surface area contributed by atoms with Gasteiger partial charge >= 0.3 is 0 Å². The molecule has 0 radical (unpaired) electrons. The number of amides is 1. The molecule has 0 bridgehead atoms. The van der Waals surface area contributed by atoms with E-state index in [1.165, 1.54) is 10.6 Å². The van der Waals surface area contributed by atoms with Crippen LogP contribution in [0.4, 0.5) is 11.4 Å². The fourth-order valence-corrected chi connectivity index (χ4v) is 3.58. The summed E-state index contributed by atoms with van der Waals surface area (Å²) in [4.78, 5) is 12.1. The molecule has 0 heterocycles. The lowest BCUT2D eigenvalue weighted by atomic mass is 10.1. The van der Waals surface area contributed by atoms with Crippen LogP contribution in [0.25, 0.3) is 0 Å². The molecule has 2 aromatic carbocycles. The molecule has 0 aliphatic heterocycles. The second-order valence-electron chi connectivity index (χ2n) is 5.77. The normalized spacial score (nSPS) is 11.0. The molecular weight excluding hydrogens is 352 g/mol. The fraction of sp³-hybridized carbons (Fsp3) is 0.316. The molecule has 7 heteroatoms. The van der Waals surface area contributed by atoms with Crippen molar-refractivity contribution < 1.29 is 17.9 Å². The molecule has 1 N–H and O–H groups in total. The van der Waals surface area contributed by atoms with Crippen LogP contribution in [0.5, 0.6) is 5.75 Å². The summed E-state index contributed by atoms with van der Waals surface area (Å²) in [6, 6.07) is 14.2. The molecule has 0 aliphatic rings. The van der Waals surface area contributed by atoms with E-state index in [2.05, 4.69) is 5.32 Å². The molecule has 1 amide bonds. The van der Waals surface area contributed by atoms with Crippen molar-refractivity contribution in [1.82, 2.24) is 0 Å². The van der Waals surface area contributed by atoms with E-state index in [0.29, 0.717) is 18.0 Å². The zero-order valence-corrected chi connectivity index (χ0v) is 16.0. The van der Waals surface area contributed by atoms with Gasteiger partial charge in [-0.1, -0.05) is 25.1 Å². The summed E-state index contributed by atoms with van der Waals surface area (Å²) < 4.78 is 30.2. The van der Waals surface area contributed by atoms with Crippen molar-refractivity contribution in [3.05, 3.63) is 54.1 Å². The summed E-state index contributed by atoms with van der Waals surface area (Å²) in [6.45, 7) is 4.02. The number of aryl methyl sites for hydroxylation is 1. The Morgan fingerprint density at radius 3 is 2.31 bits per heavy atom. The highest BCUT2D eigenvalue weighted by atomic mass is 32.2. The Balaban J connectivity index is 1.96. The van der Waals surface area contributed by atoms with E-state index in [-0.39, 0.29) is 12.5 Å². The lowest BCUT2D eigenvalue weighted by Gasteiger charge is -2.20. The van der Waals surface area contributed by atoms with Crippen LogP contribution < -0.4 is 14.4 Å². The van der Waals surface area contributed by atoms with Crippen LogP contribution in [0.3, 0.4) is 0 Å². The zero-order valence-electron chi connectivity index (χ0n) is 15.2. The van der Waals surface area contributed by atoms with Crippen molar-refractivity contribution in [2.75, 3.05) is 29.0 Å². The highest BCUT2D eigenvalue weighted by Crippen LogP contribution is 2.21. The third-order valence-electron chi connectivity index (χ3n) is 3.85. The Bertz CT molecular complexity index is 848. The summed E-state index contributed by atoms with van der Waals surface area (Å²) >= 11 is 0. The fourth-order valence-electron chi connectivity index (χ4n) is 2.60. The molecule has 140 valence electrons. The summed E-state index contributed by atoms with van der Waals surface area (Å²) in [5.74, 6) is 0.249. The molecule has 2 rings (SSSR count). The number of anilines is 2. The van der Waals surface area contributed by atoms with Crippen LogP contribution in [-0.4, -0.2) is 33.7 Å². The SMILES string of the molecule is CCc1ccccc1NC(=O)COc1ccc(N(CC)S(C)(=O)=O)cc1. The predicted octanol–water partition coefficient (Wildman–Crippen LogP) is 3.05. The molecule has 0 saturated heterocycles. The maximum Gasteiger partial charge on any atom is 0.262 e. The molecule has 0 spiro atoms. The van der Waals surface area contributed by atoms with E-state index in [0.717, 1.165) is 17.7 Å². The number of hydrogen-bond acceptors (Lipinski definition) is 4. The van der Waals surface area contributed by atoms with Crippen LogP contribution in [-0.2, 0) is 21.2 Å². The van der Waals surface area contributed by atoms with E-state index in [1.807, 2.05) is 31.2 Å². The molecule has 0 saturated carbocycles. The minimum absolute atomic E-state index is 0.124. The quantitative estimate of drug-likeness (QED) is 0.768. The van der Waals surface area contributed by atoms with E-state index in [4.69, 9.17) is 4.74 Å². The first kappa shape index (κ1) is 19.8. The highest BCUT2D eigenvalue weighted by molar-refractivity contribution is 7.92. The Kier molecular flexibility index (Phi) is 6.63. The average Bonchev–Trinajstić information content (AvgIpc) is 2.61. The van der Waals surface area contributed by atoms with Crippen LogP contribution in [0, 0.1) is 0 Å². The van der Waals surface area contributed by atoms with Crippen LogP contribution in [0.1, 0.15) is 19.4 Å². The van der Waals surface area contributed by atoms with Crippen molar-refractivity contribution in [3.8, 4) is 5.75 Å². The number of hydrogen-bond donors (Lipinski definition) is 1. The number of nitrogens with one attached hydrogen (secondary N) is 1. The highest BCUT2D eigenvalue weighted by Gasteiger charge is 2.15. The molecule has 26 heavy (non-hydrogen) atoms. The number of carbonyl (C=O) groups is 1. The third-order valence-corrected chi connectivity index (χ3v) is 5.12. The van der Waals surface area contributed by atoms with Gasteiger partial charge in [0, 0.05) is 12.2 Å². The number of rotatable bonds is 8. The lowest BCUT2D eigenvalue weighted by molar-refractivity contribution is -0.118. The number of para-hydroxylation sites is 1. The Morgan fingerprint density at radius 1 is 1.08 bits per heavy atom. The monoisotopic (exact) mass is 376 g/mol. The standard InChI is InChI=1S/C19H24N2O4S/c1-4-15-8-6-7-9-18(15)20-19(22)14-25-17-12-10-16(11-13-17)21(5-2)26(3,23)24/h6-13H,4-5,14H2,1-3H3,(H,20,22). The number of nitrogens with zero attached hydrogens (tertiary/aromatic N) is 1. The van der Waals surface area contributed by atoms with Gasteiger partial charge in [-0.05, 0) is 49.2 Å². The maximum atomic E-state index is 12.1. The topological polar surface area (TPSA) is 75.7 Å². The van der Waals surface area contributed by atoms with Gasteiger partial charge in [-0.15, -0.1) is 0 Å². The Labute approximate surface area is 154 Å². The van der Waals surface area contributed by atoms with Gasteiger partial charge in [0.1, 0.15) is 5.75 Å². The number of benzene rings is 2. The largest absolute Gasteiger partial charge is 0.484 e. The molecule has 2 aromatic rings. The summed E-state index contributed by atoms with van der Waals surface area (Å²) in [5, 5.41) is 2.84. The lowest BCUT2D eigenvalue weighted by Crippen LogP contribution is -2.29. The predicted molar refractivity (Wildman–Crippen MR) is 104 cm³/mol. The van der Waals surface area contributed by atoms with Gasteiger partial charge in [0.2, 0.25) is 10.0 Å². The second kappa shape index (κ2) is 8.71. The van der Waals surface area contributed by atoms with Crippen LogP contribution >= 0.6 is 0 Å². The third kappa shape index (κ3) is 5.23. The number of ether oxygens (including phenoxy) is 1. The van der Waals surface area contributed by atoms with Gasteiger partial charge < -0.3 is 10.1 Å². The first-order valence-electron chi connectivity index (χ1n) is 8.43. The number of carbonyl (C=O) groups excluding carboxylic acids is 1. The second-order valence-corrected chi connectivity index (χ2v) is 7.68. The van der Waals surface area contributed by atoms with Crippen molar-refractivity contribution in [1.29, 1.82) is 0 Å². The molecule has 0 atom stereocenters. The van der Waals surface area contributed by atoms with Crippen molar-refractivity contribution in [2.24, 2.45) is 0 Å². The van der Waals surface area contributed by atoms with Gasteiger partial charge in [0.25, 0.3) is 5.91 Å². The van der Waals surface area contributed by atoms with Crippen molar-refractivity contribution in [2.45, 2.75) is 20.3 Å². The van der Waals surface area contributed by atoms with Crippen LogP contribution in [0.2, 0.25) is 0 Å². The first-order chi connectivity index (χ1) is 12.3. The molecule has 0 aromatic heterocycles. The number of sulfonamides is 1. The average molecular weight is 376 g/mol. The first-order valence-corrected chi connectivity index (χ1v) is 10.3. The van der Waals surface area contributed by atoms with Crippen LogP contribution in [0.15, 0.2) is 48.5 Å². The van der Waals surface area contributed by atoms with Crippen molar-refractivity contribution in [3.63, 3.8) is 0 Å². The summed E-state index contributed by atoms with van der Waals surface area (Å²) in [7, 11) is -3.32. The van der Waals surface area contributed by atoms with Gasteiger partial charge in [0.15, 0.2) is 6.61 Å². The molecule has 0 unspecified atom stereocenters. The summed E-state index contributed by atoms with van der Waals surface area (Å²) in [6.07, 6.45) is 1.99. The van der Waals surface area contributed by atoms with Gasteiger partial charge in [0.05, 0.1) is 11.9 Å². The molecular formula is C19H24N2O4S. The molecule has 0 aliphatic carbocycles. The van der Waals surface area contributed by atoms with Gasteiger partial charge in [-0.25, -0.2) is 8.42 Å². The van der Waals surface area contributed by atoms with E-state index in [1.54, 1.807) is 31.2 Å². The van der Waals surface area contributed by atoms with Crippen molar-refractivity contribution >= 4 is 27.3 Å². The Hall–Kier alpha value is -2.54. The van der Waals surface area contributed by atoms with E-state index >= 15 is 0 Å². The van der Waals surface area contributed by atoms with Gasteiger partial charge in [-0.2, -0.15) is 0 Å². The van der Waals surface area contributed by atoms with Gasteiger partial charge in [-0.3, -0.25) is 9.10 Å². The minimum atomic E-state index is -3.32. The molecule has 0 fully saturated rings. The maximum absolute atomic E-state index is 12.1. The minimum Gasteiger partial charge on any atom is -0.484 e.